The Labute approximate surface area is 223 Å². The van der Waals surface area contributed by atoms with Gasteiger partial charge in [0, 0.05) is 29.1 Å². The molecule has 2 aliphatic heterocycles. The van der Waals surface area contributed by atoms with Crippen LogP contribution in [0.5, 0.6) is 0 Å². The molecule has 0 bridgehead atoms. The van der Waals surface area contributed by atoms with Crippen LogP contribution in [0.25, 0.3) is 11.4 Å². The monoisotopic (exact) mass is 494 g/mol. The highest BCUT2D eigenvalue weighted by atomic mass is 15.5. The first kappa shape index (κ1) is 25.5. The van der Waals surface area contributed by atoms with Gasteiger partial charge in [0.1, 0.15) is 11.9 Å². The van der Waals surface area contributed by atoms with Gasteiger partial charge in [-0.05, 0) is 47.4 Å². The molecule has 1 aromatic heterocycles. The van der Waals surface area contributed by atoms with Gasteiger partial charge in [-0.2, -0.15) is 0 Å². The summed E-state index contributed by atoms with van der Waals surface area (Å²) < 4.78 is 0. The smallest absolute Gasteiger partial charge is 0.162 e. The largest absolute Gasteiger partial charge is 0.349 e. The third kappa shape index (κ3) is 3.34. The van der Waals surface area contributed by atoms with Crippen LogP contribution in [0.15, 0.2) is 61.3 Å². The van der Waals surface area contributed by atoms with E-state index < -0.39 is 0 Å². The van der Waals surface area contributed by atoms with E-state index in [0.29, 0.717) is 11.8 Å². The van der Waals surface area contributed by atoms with Crippen LogP contribution in [-0.2, 0) is 5.41 Å². The Balaban J connectivity index is 1.80. The molecule has 4 heteroatoms. The number of hydrogen-bond donors (Lipinski definition) is 0. The Kier molecular flexibility index (Phi) is 6.21. The number of rotatable bonds is 6. The summed E-state index contributed by atoms with van der Waals surface area (Å²) in [6.07, 6.45) is 6.42. The van der Waals surface area contributed by atoms with E-state index >= 15 is 0 Å². The number of nitrogens with zero attached hydrogens (tertiary/aromatic N) is 4. The molecule has 2 aliphatic rings. The van der Waals surface area contributed by atoms with Crippen LogP contribution in [-0.4, -0.2) is 23.2 Å². The zero-order chi connectivity index (χ0) is 26.7. The molecule has 0 fully saturated rings. The maximum atomic E-state index is 5.39. The highest BCUT2D eigenvalue weighted by Gasteiger charge is 2.60. The lowest BCUT2D eigenvalue weighted by Gasteiger charge is -2.58. The number of hydrogen-bond acceptors (Lipinski definition) is 4. The van der Waals surface area contributed by atoms with Crippen molar-refractivity contribution >= 4 is 17.2 Å². The van der Waals surface area contributed by atoms with E-state index in [2.05, 4.69) is 127 Å². The number of anilines is 3. The second-order valence-electron chi connectivity index (χ2n) is 11.7. The highest BCUT2D eigenvalue weighted by molar-refractivity contribution is 5.85. The first-order valence-corrected chi connectivity index (χ1v) is 13.9. The number of allylic oxidation sites excluding steroid dienone is 1. The van der Waals surface area contributed by atoms with E-state index in [-0.39, 0.29) is 17.0 Å². The van der Waals surface area contributed by atoms with Crippen molar-refractivity contribution in [3.63, 3.8) is 0 Å². The number of fused-ring (bicyclic) bond motifs is 5. The lowest BCUT2D eigenvalue weighted by Crippen LogP contribution is -2.62. The molecule has 2 aromatic carbocycles. The fourth-order valence-electron chi connectivity index (χ4n) is 7.28. The van der Waals surface area contributed by atoms with Gasteiger partial charge in [-0.25, -0.2) is 9.97 Å². The van der Waals surface area contributed by atoms with Gasteiger partial charge in [-0.3, -0.25) is 0 Å². The molecule has 0 aliphatic carbocycles. The van der Waals surface area contributed by atoms with Crippen molar-refractivity contribution in [1.82, 2.24) is 9.97 Å². The summed E-state index contributed by atoms with van der Waals surface area (Å²) in [5.41, 5.74) is 7.27. The molecule has 194 valence electrons. The number of benzene rings is 2. The predicted octanol–water partition coefficient (Wildman–Crippen LogP) is 8.57. The van der Waals surface area contributed by atoms with Gasteiger partial charge in [0.15, 0.2) is 11.6 Å². The normalized spacial score (nSPS) is 24.3. The van der Waals surface area contributed by atoms with Gasteiger partial charge in [0.2, 0.25) is 0 Å². The zero-order valence-corrected chi connectivity index (χ0v) is 23.8. The molecule has 3 aromatic rings. The Morgan fingerprint density at radius 2 is 1.59 bits per heavy atom. The first-order valence-electron chi connectivity index (χ1n) is 13.9. The Hall–Kier alpha value is -3.14. The van der Waals surface area contributed by atoms with Gasteiger partial charge < -0.3 is 9.80 Å². The van der Waals surface area contributed by atoms with Crippen LogP contribution in [0, 0.1) is 5.41 Å². The van der Waals surface area contributed by atoms with Gasteiger partial charge in [0.05, 0.1) is 6.20 Å². The first-order chi connectivity index (χ1) is 17.7. The molecule has 3 atom stereocenters. The third-order valence-corrected chi connectivity index (χ3v) is 9.44. The molecule has 0 saturated carbocycles. The molecule has 5 rings (SSSR count). The lowest BCUT2D eigenvalue weighted by molar-refractivity contribution is 0.117. The summed E-state index contributed by atoms with van der Waals surface area (Å²) in [5, 5.41) is 0. The van der Waals surface area contributed by atoms with Gasteiger partial charge >= 0.3 is 0 Å². The van der Waals surface area contributed by atoms with E-state index in [0.717, 1.165) is 30.2 Å². The second-order valence-corrected chi connectivity index (χ2v) is 11.7. The molecule has 0 spiro atoms. The molecule has 37 heavy (non-hydrogen) atoms. The fourth-order valence-corrected chi connectivity index (χ4v) is 7.28. The highest BCUT2D eigenvalue weighted by Crippen LogP contribution is 2.63. The van der Waals surface area contributed by atoms with Gasteiger partial charge in [-0.1, -0.05) is 90.9 Å². The Bertz CT molecular complexity index is 1320. The molecule has 4 nitrogen and oxygen atoms in total. The summed E-state index contributed by atoms with van der Waals surface area (Å²) in [5.74, 6) is 2.61. The van der Waals surface area contributed by atoms with Crippen molar-refractivity contribution in [1.29, 1.82) is 0 Å². The van der Waals surface area contributed by atoms with Crippen molar-refractivity contribution < 1.29 is 0 Å². The summed E-state index contributed by atoms with van der Waals surface area (Å²) in [6.45, 7) is 20.5. The molecule has 3 unspecified atom stereocenters. The van der Waals surface area contributed by atoms with Crippen molar-refractivity contribution in [2.45, 2.75) is 84.7 Å². The third-order valence-electron chi connectivity index (χ3n) is 9.44. The predicted molar refractivity (Wildman–Crippen MR) is 157 cm³/mol. The molecule has 0 amide bonds. The lowest BCUT2D eigenvalue weighted by atomic mass is 9.54. The quantitative estimate of drug-likeness (QED) is 0.321. The van der Waals surface area contributed by atoms with E-state index in [1.54, 1.807) is 0 Å². The molecular formula is C33H42N4. The average molecular weight is 495 g/mol. The van der Waals surface area contributed by atoms with Crippen molar-refractivity contribution in [3.05, 3.63) is 78.0 Å². The van der Waals surface area contributed by atoms with E-state index in [1.807, 2.05) is 0 Å². The van der Waals surface area contributed by atoms with Crippen molar-refractivity contribution in [3.8, 4) is 11.4 Å². The maximum absolute atomic E-state index is 5.39. The summed E-state index contributed by atoms with van der Waals surface area (Å²) >= 11 is 0. The molecule has 0 N–H and O–H groups in total. The van der Waals surface area contributed by atoms with Crippen molar-refractivity contribution in [2.75, 3.05) is 16.8 Å². The van der Waals surface area contributed by atoms with Gasteiger partial charge in [-0.15, -0.1) is 6.58 Å². The topological polar surface area (TPSA) is 32.3 Å². The van der Waals surface area contributed by atoms with Gasteiger partial charge in [0.25, 0.3) is 0 Å². The molecular weight excluding hydrogens is 452 g/mol. The number of aromatic nitrogens is 2. The number of para-hydroxylation sites is 1. The SMILES string of the molecule is C=CC1(CC)c2ccccc2N2c3nc(-c4c(C(C)C)cccc4C(C)C)ncc3N(C)C2C1(C)CC. The minimum atomic E-state index is -0.138. The molecule has 3 heterocycles. The summed E-state index contributed by atoms with van der Waals surface area (Å²) in [4.78, 5) is 15.3. The van der Waals surface area contributed by atoms with Crippen LogP contribution in [0.4, 0.5) is 17.2 Å². The van der Waals surface area contributed by atoms with E-state index in [1.165, 1.54) is 27.9 Å². The second kappa shape index (κ2) is 9.01. The zero-order valence-electron chi connectivity index (χ0n) is 23.8. The average Bonchev–Trinajstić information content (AvgIpc) is 3.21. The fraction of sp³-hybridized carbons (Fsp3) is 0.455. The van der Waals surface area contributed by atoms with Crippen LogP contribution < -0.4 is 9.80 Å². The summed E-state index contributed by atoms with van der Waals surface area (Å²) in [7, 11) is 2.21. The molecule has 0 saturated heterocycles. The maximum Gasteiger partial charge on any atom is 0.162 e. The van der Waals surface area contributed by atoms with Crippen LogP contribution >= 0.6 is 0 Å². The van der Waals surface area contributed by atoms with E-state index in [9.17, 15) is 0 Å². The van der Waals surface area contributed by atoms with Crippen LogP contribution in [0.2, 0.25) is 0 Å². The standard InChI is InChI=1S/C33H42N4/c1-10-32(8)31-36(9)27-20-34-29(28-23(21(4)5)16-15-17-24(28)22(6)7)35-30(27)37(31)26-19-14-13-18-25(26)33(32,11-2)12-3/h11,13-22,31H,2,10,12H2,1,3-9H3. The van der Waals surface area contributed by atoms with Crippen molar-refractivity contribution in [2.24, 2.45) is 5.41 Å². The van der Waals surface area contributed by atoms with Crippen LogP contribution in [0.1, 0.15) is 89.8 Å². The molecule has 0 radical (unpaired) electrons. The summed E-state index contributed by atoms with van der Waals surface area (Å²) in [6, 6.07) is 15.5. The Morgan fingerprint density at radius 1 is 0.946 bits per heavy atom. The minimum Gasteiger partial charge on any atom is -0.349 e. The Morgan fingerprint density at radius 3 is 2.16 bits per heavy atom. The van der Waals surface area contributed by atoms with E-state index in [4.69, 9.17) is 9.97 Å². The minimum absolute atomic E-state index is 0.0770. The van der Waals surface area contributed by atoms with Crippen LogP contribution in [0.3, 0.4) is 0 Å².